The Bertz CT molecular complexity index is 675. The maximum Gasteiger partial charge on any atom is 0.257 e. The van der Waals surface area contributed by atoms with E-state index in [0.717, 1.165) is 15.6 Å². The van der Waals surface area contributed by atoms with Gasteiger partial charge in [-0.1, -0.05) is 39.0 Å². The van der Waals surface area contributed by atoms with Gasteiger partial charge in [-0.15, -0.1) is 0 Å². The van der Waals surface area contributed by atoms with Crippen molar-refractivity contribution in [2.24, 2.45) is 0 Å². The van der Waals surface area contributed by atoms with Crippen LogP contribution in [0.1, 0.15) is 42.3 Å². The van der Waals surface area contributed by atoms with Crippen molar-refractivity contribution in [3.05, 3.63) is 57.7 Å². The molecule has 0 saturated carbocycles. The van der Waals surface area contributed by atoms with Crippen LogP contribution in [0.15, 0.2) is 41.0 Å². The van der Waals surface area contributed by atoms with Crippen LogP contribution in [0.4, 0.5) is 5.82 Å². The maximum atomic E-state index is 12.6. The number of aryl methyl sites for hydroxylation is 1. The monoisotopic (exact) mass is 346 g/mol. The van der Waals surface area contributed by atoms with Crippen molar-refractivity contribution in [1.29, 1.82) is 0 Å². The van der Waals surface area contributed by atoms with E-state index in [1.807, 2.05) is 37.3 Å². The highest BCUT2D eigenvalue weighted by Gasteiger charge is 2.21. The predicted molar refractivity (Wildman–Crippen MR) is 89.8 cm³/mol. The zero-order chi connectivity index (χ0) is 15.6. The van der Waals surface area contributed by atoms with E-state index in [0.29, 0.717) is 11.4 Å². The Labute approximate surface area is 133 Å². The largest absolute Gasteiger partial charge is 0.306 e. The van der Waals surface area contributed by atoms with E-state index in [2.05, 4.69) is 47.0 Å². The lowest BCUT2D eigenvalue weighted by molar-refractivity contribution is 0.102. The van der Waals surface area contributed by atoms with Gasteiger partial charge in [0.1, 0.15) is 5.82 Å². The number of pyridine rings is 1. The highest BCUT2D eigenvalue weighted by atomic mass is 79.9. The fourth-order valence-electron chi connectivity index (χ4n) is 2.18. The van der Waals surface area contributed by atoms with Gasteiger partial charge >= 0.3 is 0 Å². The van der Waals surface area contributed by atoms with Crippen LogP contribution >= 0.6 is 15.9 Å². The summed E-state index contributed by atoms with van der Waals surface area (Å²) in [7, 11) is 0. The molecule has 1 N–H and O–H groups in total. The van der Waals surface area contributed by atoms with E-state index >= 15 is 0 Å². The summed E-state index contributed by atoms with van der Waals surface area (Å²) in [6, 6.07) is 9.62. The normalized spacial score (nSPS) is 11.3. The lowest BCUT2D eigenvalue weighted by Crippen LogP contribution is -2.21. The molecule has 0 spiro atoms. The molecule has 0 radical (unpaired) electrons. The third kappa shape index (κ3) is 3.70. The number of hydrogen-bond donors (Lipinski definition) is 1. The fourth-order valence-corrected chi connectivity index (χ4v) is 2.63. The number of benzene rings is 1. The number of amides is 1. The summed E-state index contributed by atoms with van der Waals surface area (Å²) in [4.78, 5) is 16.8. The number of rotatable bonds is 2. The minimum Gasteiger partial charge on any atom is -0.306 e. The van der Waals surface area contributed by atoms with Gasteiger partial charge in [0, 0.05) is 16.2 Å². The lowest BCUT2D eigenvalue weighted by atomic mass is 9.83. The Morgan fingerprint density at radius 2 is 1.90 bits per heavy atom. The molecule has 2 rings (SSSR count). The topological polar surface area (TPSA) is 42.0 Å². The van der Waals surface area contributed by atoms with E-state index < -0.39 is 0 Å². The molecule has 0 aliphatic carbocycles. The minimum absolute atomic E-state index is 0.0872. The molecule has 0 fully saturated rings. The molecular weight excluding hydrogens is 328 g/mol. The third-order valence-electron chi connectivity index (χ3n) is 3.26. The summed E-state index contributed by atoms with van der Waals surface area (Å²) >= 11 is 3.37. The van der Waals surface area contributed by atoms with E-state index in [4.69, 9.17) is 0 Å². The van der Waals surface area contributed by atoms with E-state index in [-0.39, 0.29) is 11.3 Å². The van der Waals surface area contributed by atoms with Crippen LogP contribution in [-0.4, -0.2) is 10.9 Å². The third-order valence-corrected chi connectivity index (χ3v) is 3.69. The predicted octanol–water partition coefficient (Wildman–Crippen LogP) is 4.70. The van der Waals surface area contributed by atoms with Gasteiger partial charge in [-0.3, -0.25) is 4.79 Å². The van der Waals surface area contributed by atoms with Crippen LogP contribution in [0, 0.1) is 6.92 Å². The van der Waals surface area contributed by atoms with Gasteiger partial charge < -0.3 is 5.32 Å². The first-order valence-corrected chi connectivity index (χ1v) is 7.61. The molecular formula is C17H19BrN2O. The SMILES string of the molecule is Cc1cc(Br)cnc1NC(=O)c1ccccc1C(C)(C)C. The Morgan fingerprint density at radius 3 is 2.52 bits per heavy atom. The molecule has 1 heterocycles. The number of aromatic nitrogens is 1. The Balaban J connectivity index is 2.33. The smallest absolute Gasteiger partial charge is 0.257 e. The summed E-state index contributed by atoms with van der Waals surface area (Å²) in [5.74, 6) is 0.463. The Morgan fingerprint density at radius 1 is 1.24 bits per heavy atom. The fraction of sp³-hybridized carbons (Fsp3) is 0.294. The van der Waals surface area contributed by atoms with Gasteiger partial charge in [0.25, 0.3) is 5.91 Å². The van der Waals surface area contributed by atoms with Crippen LogP contribution in [0.2, 0.25) is 0 Å². The summed E-state index contributed by atoms with van der Waals surface area (Å²) in [5, 5.41) is 2.90. The van der Waals surface area contributed by atoms with Crippen molar-refractivity contribution in [2.45, 2.75) is 33.1 Å². The van der Waals surface area contributed by atoms with Crippen molar-refractivity contribution in [2.75, 3.05) is 5.32 Å². The van der Waals surface area contributed by atoms with Gasteiger partial charge in [0.15, 0.2) is 0 Å². The molecule has 2 aromatic rings. The Hall–Kier alpha value is -1.68. The standard InChI is InChI=1S/C17H19BrN2O/c1-11-9-12(18)10-19-15(11)20-16(21)13-7-5-6-8-14(13)17(2,3)4/h5-10H,1-4H3,(H,19,20,21). The minimum atomic E-state index is -0.126. The molecule has 0 aliphatic heterocycles. The zero-order valence-electron chi connectivity index (χ0n) is 12.7. The average Bonchev–Trinajstić information content (AvgIpc) is 2.41. The van der Waals surface area contributed by atoms with Crippen LogP contribution in [-0.2, 0) is 5.41 Å². The number of nitrogens with zero attached hydrogens (tertiary/aromatic N) is 1. The van der Waals surface area contributed by atoms with Crippen molar-refractivity contribution in [3.8, 4) is 0 Å². The lowest BCUT2D eigenvalue weighted by Gasteiger charge is -2.22. The second-order valence-electron chi connectivity index (χ2n) is 6.07. The second kappa shape index (κ2) is 5.98. The average molecular weight is 347 g/mol. The molecule has 0 saturated heterocycles. The number of carbonyl (C=O) groups excluding carboxylic acids is 1. The highest BCUT2D eigenvalue weighted by Crippen LogP contribution is 2.26. The summed E-state index contributed by atoms with van der Waals surface area (Å²) < 4.78 is 0.896. The second-order valence-corrected chi connectivity index (χ2v) is 6.98. The van der Waals surface area contributed by atoms with Gasteiger partial charge in [-0.05, 0) is 51.5 Å². The molecule has 1 amide bonds. The zero-order valence-corrected chi connectivity index (χ0v) is 14.3. The van der Waals surface area contributed by atoms with Crippen molar-refractivity contribution < 1.29 is 4.79 Å². The molecule has 4 heteroatoms. The van der Waals surface area contributed by atoms with Crippen molar-refractivity contribution >= 4 is 27.7 Å². The number of nitrogens with one attached hydrogen (secondary N) is 1. The molecule has 0 unspecified atom stereocenters. The van der Waals surface area contributed by atoms with E-state index in [1.165, 1.54) is 0 Å². The van der Waals surface area contributed by atoms with Gasteiger partial charge in [0.2, 0.25) is 0 Å². The maximum absolute atomic E-state index is 12.6. The van der Waals surface area contributed by atoms with Crippen LogP contribution in [0.5, 0.6) is 0 Å². The number of halogens is 1. The van der Waals surface area contributed by atoms with Crippen LogP contribution in [0.25, 0.3) is 0 Å². The van der Waals surface area contributed by atoms with Crippen LogP contribution < -0.4 is 5.32 Å². The van der Waals surface area contributed by atoms with E-state index in [9.17, 15) is 4.79 Å². The number of hydrogen-bond acceptors (Lipinski definition) is 2. The molecule has 0 atom stereocenters. The molecule has 0 aliphatic rings. The van der Waals surface area contributed by atoms with Crippen LogP contribution in [0.3, 0.4) is 0 Å². The first-order chi connectivity index (χ1) is 9.79. The van der Waals surface area contributed by atoms with Gasteiger partial charge in [-0.25, -0.2) is 4.98 Å². The summed E-state index contributed by atoms with van der Waals surface area (Å²) in [6.07, 6.45) is 1.68. The van der Waals surface area contributed by atoms with Crippen molar-refractivity contribution in [3.63, 3.8) is 0 Å². The number of carbonyl (C=O) groups is 1. The molecule has 0 bridgehead atoms. The van der Waals surface area contributed by atoms with E-state index in [1.54, 1.807) is 6.20 Å². The van der Waals surface area contributed by atoms with Crippen molar-refractivity contribution in [1.82, 2.24) is 4.98 Å². The molecule has 3 nitrogen and oxygen atoms in total. The molecule has 1 aromatic heterocycles. The highest BCUT2D eigenvalue weighted by molar-refractivity contribution is 9.10. The Kier molecular flexibility index (Phi) is 4.47. The van der Waals surface area contributed by atoms with Gasteiger partial charge in [0.05, 0.1) is 0 Å². The first kappa shape index (κ1) is 15.7. The molecule has 110 valence electrons. The molecule has 21 heavy (non-hydrogen) atoms. The summed E-state index contributed by atoms with van der Waals surface area (Å²) in [5.41, 5.74) is 2.55. The van der Waals surface area contributed by atoms with Gasteiger partial charge in [-0.2, -0.15) is 0 Å². The molecule has 1 aromatic carbocycles. The number of anilines is 1. The first-order valence-electron chi connectivity index (χ1n) is 6.82. The quantitative estimate of drug-likeness (QED) is 0.855. The summed E-state index contributed by atoms with van der Waals surface area (Å²) in [6.45, 7) is 8.22.